The summed E-state index contributed by atoms with van der Waals surface area (Å²) in [5.41, 5.74) is 1.72. The molecule has 0 aliphatic heterocycles. The number of sulfonamides is 1. The molecular weight excluding hydrogens is 272 g/mol. The first kappa shape index (κ1) is 16.9. The highest BCUT2D eigenvalue weighted by Crippen LogP contribution is 2.23. The molecule has 1 aromatic rings. The number of aryl methyl sites for hydroxylation is 1. The van der Waals surface area contributed by atoms with E-state index in [0.717, 1.165) is 11.1 Å². The van der Waals surface area contributed by atoms with E-state index >= 15 is 0 Å². The van der Waals surface area contributed by atoms with E-state index in [2.05, 4.69) is 11.9 Å². The molecule has 4 nitrogen and oxygen atoms in total. The molecule has 112 valence electrons. The van der Waals surface area contributed by atoms with Gasteiger partial charge in [-0.3, -0.25) is 0 Å². The zero-order chi connectivity index (χ0) is 15.3. The van der Waals surface area contributed by atoms with Gasteiger partial charge in [0.1, 0.15) is 0 Å². The smallest absolute Gasteiger partial charge is 0.243 e. The lowest BCUT2D eigenvalue weighted by molar-refractivity contribution is 0.382. The Morgan fingerprint density at radius 3 is 2.55 bits per heavy atom. The first-order valence-electron chi connectivity index (χ1n) is 6.71. The Morgan fingerprint density at radius 2 is 2.05 bits per heavy atom. The Kier molecular flexibility index (Phi) is 5.92. The third-order valence-electron chi connectivity index (χ3n) is 3.11. The van der Waals surface area contributed by atoms with Gasteiger partial charge in [-0.2, -0.15) is 4.31 Å². The van der Waals surface area contributed by atoms with Crippen molar-refractivity contribution in [3.8, 4) is 0 Å². The zero-order valence-corrected chi connectivity index (χ0v) is 13.5. The van der Waals surface area contributed by atoms with E-state index < -0.39 is 10.0 Å². The maximum Gasteiger partial charge on any atom is 0.243 e. The first-order chi connectivity index (χ1) is 9.34. The van der Waals surface area contributed by atoms with Crippen LogP contribution in [0.15, 0.2) is 35.7 Å². The topological polar surface area (TPSA) is 49.4 Å². The van der Waals surface area contributed by atoms with Gasteiger partial charge in [0.15, 0.2) is 0 Å². The minimum Gasteiger partial charge on any atom is -0.316 e. The molecule has 0 saturated heterocycles. The van der Waals surface area contributed by atoms with Crippen molar-refractivity contribution < 1.29 is 8.42 Å². The Hall–Kier alpha value is -1.17. The molecule has 5 heteroatoms. The summed E-state index contributed by atoms with van der Waals surface area (Å²) >= 11 is 0. The van der Waals surface area contributed by atoms with Crippen LogP contribution in [0.25, 0.3) is 0 Å². The molecule has 0 aromatic heterocycles. The van der Waals surface area contributed by atoms with Crippen molar-refractivity contribution in [1.82, 2.24) is 9.62 Å². The van der Waals surface area contributed by atoms with Gasteiger partial charge in [-0.05, 0) is 45.0 Å². The standard InChI is InChI=1S/C15H24N2O2S/c1-6-9-17(12(2)3)20(18,19)15-10-14(11-16-5)8-7-13(15)4/h6-8,10,12,16H,1,9,11H2,2-5H3. The third-order valence-corrected chi connectivity index (χ3v) is 5.29. The van der Waals surface area contributed by atoms with E-state index in [1.165, 1.54) is 4.31 Å². The number of benzene rings is 1. The number of hydrogen-bond donors (Lipinski definition) is 1. The molecule has 0 fully saturated rings. The summed E-state index contributed by atoms with van der Waals surface area (Å²) < 4.78 is 27.1. The van der Waals surface area contributed by atoms with E-state index in [1.54, 1.807) is 12.1 Å². The van der Waals surface area contributed by atoms with Crippen LogP contribution >= 0.6 is 0 Å². The predicted molar refractivity (Wildman–Crippen MR) is 83.2 cm³/mol. The fourth-order valence-corrected chi connectivity index (χ4v) is 3.96. The molecule has 0 saturated carbocycles. The van der Waals surface area contributed by atoms with Crippen molar-refractivity contribution in [3.05, 3.63) is 42.0 Å². The summed E-state index contributed by atoms with van der Waals surface area (Å²) in [5, 5.41) is 3.03. The van der Waals surface area contributed by atoms with Crippen LogP contribution in [-0.4, -0.2) is 32.4 Å². The van der Waals surface area contributed by atoms with Gasteiger partial charge in [-0.15, -0.1) is 6.58 Å². The summed E-state index contributed by atoms with van der Waals surface area (Å²) in [6.45, 7) is 10.2. The number of nitrogens with zero attached hydrogens (tertiary/aromatic N) is 1. The second kappa shape index (κ2) is 7.02. The molecule has 0 aliphatic rings. The minimum absolute atomic E-state index is 0.106. The Morgan fingerprint density at radius 1 is 1.40 bits per heavy atom. The van der Waals surface area contributed by atoms with E-state index in [9.17, 15) is 8.42 Å². The van der Waals surface area contributed by atoms with E-state index in [-0.39, 0.29) is 6.04 Å². The lowest BCUT2D eigenvalue weighted by Gasteiger charge is -2.25. The molecule has 0 heterocycles. The van der Waals surface area contributed by atoms with Gasteiger partial charge >= 0.3 is 0 Å². The van der Waals surface area contributed by atoms with Crippen molar-refractivity contribution in [1.29, 1.82) is 0 Å². The van der Waals surface area contributed by atoms with Crippen molar-refractivity contribution >= 4 is 10.0 Å². The summed E-state index contributed by atoms with van der Waals surface area (Å²) in [7, 11) is -1.66. The molecule has 1 aromatic carbocycles. The second-order valence-corrected chi connectivity index (χ2v) is 6.95. The van der Waals surface area contributed by atoms with Crippen molar-refractivity contribution in [2.75, 3.05) is 13.6 Å². The highest BCUT2D eigenvalue weighted by atomic mass is 32.2. The summed E-state index contributed by atoms with van der Waals surface area (Å²) in [6.07, 6.45) is 1.62. The van der Waals surface area contributed by atoms with Gasteiger partial charge < -0.3 is 5.32 Å². The molecule has 1 N–H and O–H groups in total. The van der Waals surface area contributed by atoms with Crippen LogP contribution in [0.1, 0.15) is 25.0 Å². The van der Waals surface area contributed by atoms with Gasteiger partial charge in [0.25, 0.3) is 0 Å². The molecule has 1 rings (SSSR count). The van der Waals surface area contributed by atoms with Crippen LogP contribution in [0.2, 0.25) is 0 Å². The normalized spacial score (nSPS) is 12.1. The zero-order valence-electron chi connectivity index (χ0n) is 12.7. The van der Waals surface area contributed by atoms with Crippen LogP contribution in [0.5, 0.6) is 0 Å². The molecule has 20 heavy (non-hydrogen) atoms. The lowest BCUT2D eigenvalue weighted by Crippen LogP contribution is -2.37. The van der Waals surface area contributed by atoms with Crippen molar-refractivity contribution in [2.45, 2.75) is 38.3 Å². The lowest BCUT2D eigenvalue weighted by atomic mass is 10.1. The van der Waals surface area contributed by atoms with Gasteiger partial charge in [0, 0.05) is 19.1 Å². The average Bonchev–Trinajstić information content (AvgIpc) is 2.37. The van der Waals surface area contributed by atoms with Crippen molar-refractivity contribution in [3.63, 3.8) is 0 Å². The summed E-state index contributed by atoms with van der Waals surface area (Å²) in [6, 6.07) is 5.44. The summed E-state index contributed by atoms with van der Waals surface area (Å²) in [5.74, 6) is 0. The molecule has 0 aliphatic carbocycles. The third kappa shape index (κ3) is 3.69. The van der Waals surface area contributed by atoms with E-state index in [4.69, 9.17) is 0 Å². The SMILES string of the molecule is C=CCN(C(C)C)S(=O)(=O)c1cc(CNC)ccc1C. The number of rotatable bonds is 7. The van der Waals surface area contributed by atoms with Crippen LogP contribution in [0.3, 0.4) is 0 Å². The van der Waals surface area contributed by atoms with Crippen LogP contribution in [-0.2, 0) is 16.6 Å². The molecule has 0 radical (unpaired) electrons. The maximum absolute atomic E-state index is 12.8. The van der Waals surface area contributed by atoms with Gasteiger partial charge in [0.05, 0.1) is 4.90 Å². The molecule has 0 spiro atoms. The highest BCUT2D eigenvalue weighted by Gasteiger charge is 2.27. The van der Waals surface area contributed by atoms with E-state index in [0.29, 0.717) is 18.0 Å². The average molecular weight is 296 g/mol. The predicted octanol–water partition coefficient (Wildman–Crippen LogP) is 2.30. The van der Waals surface area contributed by atoms with Crippen LogP contribution in [0.4, 0.5) is 0 Å². The maximum atomic E-state index is 12.8. The quantitative estimate of drug-likeness (QED) is 0.786. The molecule has 0 atom stereocenters. The highest BCUT2D eigenvalue weighted by molar-refractivity contribution is 7.89. The van der Waals surface area contributed by atoms with Gasteiger partial charge in [0.2, 0.25) is 10.0 Å². The molecule has 0 amide bonds. The Bertz CT molecular complexity index is 565. The largest absolute Gasteiger partial charge is 0.316 e. The van der Waals surface area contributed by atoms with Crippen LogP contribution in [0, 0.1) is 6.92 Å². The number of hydrogen-bond acceptors (Lipinski definition) is 3. The van der Waals surface area contributed by atoms with Crippen molar-refractivity contribution in [2.24, 2.45) is 0 Å². The van der Waals surface area contributed by atoms with E-state index in [1.807, 2.05) is 40.0 Å². The molecule has 0 unspecified atom stereocenters. The fraction of sp³-hybridized carbons (Fsp3) is 0.467. The second-order valence-electron chi connectivity index (χ2n) is 5.09. The van der Waals surface area contributed by atoms with Crippen LogP contribution < -0.4 is 5.32 Å². The Balaban J connectivity index is 3.32. The first-order valence-corrected chi connectivity index (χ1v) is 8.15. The fourth-order valence-electron chi connectivity index (χ4n) is 2.08. The minimum atomic E-state index is -3.50. The van der Waals surface area contributed by atoms with Gasteiger partial charge in [-0.25, -0.2) is 8.42 Å². The molecule has 0 bridgehead atoms. The number of nitrogens with one attached hydrogen (secondary N) is 1. The summed E-state index contributed by atoms with van der Waals surface area (Å²) in [4.78, 5) is 0.376. The monoisotopic (exact) mass is 296 g/mol. The Labute approximate surface area is 122 Å². The van der Waals surface area contributed by atoms with Gasteiger partial charge in [-0.1, -0.05) is 18.2 Å². The molecular formula is C15H24N2O2S.